The molecule has 0 N–H and O–H groups in total. The van der Waals surface area contributed by atoms with Gasteiger partial charge in [0.2, 0.25) is 0 Å². The molecule has 0 fully saturated rings. The number of carbonyl (C=O) groups is 1. The van der Waals surface area contributed by atoms with Crippen molar-refractivity contribution in [1.29, 1.82) is 0 Å². The quantitative estimate of drug-likeness (QED) is 0.352. The lowest BCUT2D eigenvalue weighted by Gasteiger charge is -2.12. The lowest BCUT2D eigenvalue weighted by atomic mass is 9.93. The summed E-state index contributed by atoms with van der Waals surface area (Å²) in [5.74, 6) is 0.979. The van der Waals surface area contributed by atoms with Crippen LogP contribution in [-0.4, -0.2) is 6.29 Å². The molecule has 0 spiro atoms. The minimum absolute atomic E-state index is 0.210. The van der Waals surface area contributed by atoms with Crippen LogP contribution < -0.4 is 0 Å². The molecule has 0 heterocycles. The van der Waals surface area contributed by atoms with E-state index in [1.807, 2.05) is 6.92 Å². The van der Waals surface area contributed by atoms with Crippen molar-refractivity contribution in [3.8, 4) is 0 Å². The molecule has 2 atom stereocenters. The summed E-state index contributed by atoms with van der Waals surface area (Å²) in [6.45, 7) is 6.63. The molecule has 1 rings (SSSR count). The van der Waals surface area contributed by atoms with E-state index < -0.39 is 0 Å². The number of unbranched alkanes of at least 4 members (excludes halogenated alkanes) is 2. The largest absolute Gasteiger partial charge is 0.303 e. The van der Waals surface area contributed by atoms with Gasteiger partial charge in [-0.3, -0.25) is 0 Å². The molecule has 0 saturated heterocycles. The molecule has 92 valence electrons. The van der Waals surface area contributed by atoms with E-state index in [-0.39, 0.29) is 5.92 Å². The monoisotopic (exact) mass is 222 g/mol. The van der Waals surface area contributed by atoms with Crippen molar-refractivity contribution in [1.82, 2.24) is 0 Å². The van der Waals surface area contributed by atoms with Crippen LogP contribution in [0.3, 0.4) is 0 Å². The molecule has 0 radical (unpaired) electrons. The summed E-state index contributed by atoms with van der Waals surface area (Å²) in [5.41, 5.74) is 3.28. The van der Waals surface area contributed by atoms with Gasteiger partial charge in [0, 0.05) is 5.92 Å². The van der Waals surface area contributed by atoms with Crippen LogP contribution in [0.5, 0.6) is 0 Å². The first kappa shape index (κ1) is 13.5. The Bertz CT molecular complexity index is 252. The van der Waals surface area contributed by atoms with E-state index in [9.17, 15) is 4.79 Å². The van der Waals surface area contributed by atoms with E-state index in [1.165, 1.54) is 38.5 Å². The van der Waals surface area contributed by atoms with Crippen molar-refractivity contribution in [2.75, 3.05) is 0 Å². The van der Waals surface area contributed by atoms with Gasteiger partial charge >= 0.3 is 0 Å². The Hall–Kier alpha value is -0.590. The summed E-state index contributed by atoms with van der Waals surface area (Å²) < 4.78 is 0. The summed E-state index contributed by atoms with van der Waals surface area (Å²) in [5, 5.41) is 0. The molecule has 1 heteroatoms. The Labute approximate surface area is 100 Å². The highest BCUT2D eigenvalue weighted by molar-refractivity contribution is 5.53. The lowest BCUT2D eigenvalue weighted by molar-refractivity contribution is -0.110. The Kier molecular flexibility index (Phi) is 5.79. The van der Waals surface area contributed by atoms with Gasteiger partial charge in [-0.15, -0.1) is 0 Å². The van der Waals surface area contributed by atoms with Crippen LogP contribution in [0, 0.1) is 11.8 Å². The summed E-state index contributed by atoms with van der Waals surface area (Å²) in [6.07, 6.45) is 9.89. The summed E-state index contributed by atoms with van der Waals surface area (Å²) >= 11 is 0. The maximum Gasteiger partial charge on any atom is 0.123 e. The maximum absolute atomic E-state index is 10.7. The molecule has 0 aromatic heterocycles. The zero-order valence-corrected chi connectivity index (χ0v) is 11.1. The minimum atomic E-state index is 0.210. The predicted molar refractivity (Wildman–Crippen MR) is 69.4 cm³/mol. The predicted octanol–water partition coefficient (Wildman–Crippen LogP) is 4.52. The second-order valence-electron chi connectivity index (χ2n) is 5.34. The Morgan fingerprint density at radius 2 is 2.19 bits per heavy atom. The number of carbonyl (C=O) groups excluding carboxylic acids is 1. The smallest absolute Gasteiger partial charge is 0.123 e. The zero-order valence-electron chi connectivity index (χ0n) is 11.1. The third kappa shape index (κ3) is 3.77. The first-order valence-electron chi connectivity index (χ1n) is 6.85. The standard InChI is InChI=1S/C15H26O/c1-4-5-6-7-15-13(3)8-9-14(15)10-12(2)11-16/h11-13H,4-10H2,1-3H3/t12?,13-/m0/s1. The van der Waals surface area contributed by atoms with Crippen molar-refractivity contribution < 1.29 is 4.79 Å². The van der Waals surface area contributed by atoms with Crippen LogP contribution in [-0.2, 0) is 4.79 Å². The molecule has 1 unspecified atom stereocenters. The summed E-state index contributed by atoms with van der Waals surface area (Å²) in [7, 11) is 0. The Morgan fingerprint density at radius 3 is 2.81 bits per heavy atom. The van der Waals surface area contributed by atoms with E-state index in [1.54, 1.807) is 11.1 Å². The fraction of sp³-hybridized carbons (Fsp3) is 0.800. The van der Waals surface area contributed by atoms with Crippen LogP contribution >= 0.6 is 0 Å². The number of hydrogen-bond acceptors (Lipinski definition) is 1. The van der Waals surface area contributed by atoms with Crippen LogP contribution in [0.25, 0.3) is 0 Å². The molecule has 16 heavy (non-hydrogen) atoms. The molecule has 0 amide bonds. The molecular formula is C15H26O. The van der Waals surface area contributed by atoms with Crippen LogP contribution in [0.4, 0.5) is 0 Å². The van der Waals surface area contributed by atoms with Gasteiger partial charge < -0.3 is 4.79 Å². The molecule has 1 aliphatic rings. The van der Waals surface area contributed by atoms with Gasteiger partial charge in [0.1, 0.15) is 6.29 Å². The molecule has 0 aromatic carbocycles. The third-order valence-electron chi connectivity index (χ3n) is 3.78. The van der Waals surface area contributed by atoms with Gasteiger partial charge in [-0.2, -0.15) is 0 Å². The highest BCUT2D eigenvalue weighted by atomic mass is 16.1. The number of hydrogen-bond donors (Lipinski definition) is 0. The fourth-order valence-electron chi connectivity index (χ4n) is 2.73. The van der Waals surface area contributed by atoms with Crippen LogP contribution in [0.1, 0.15) is 65.7 Å². The summed E-state index contributed by atoms with van der Waals surface area (Å²) in [4.78, 5) is 10.7. The van der Waals surface area contributed by atoms with Crippen molar-refractivity contribution in [3.63, 3.8) is 0 Å². The number of allylic oxidation sites excluding steroid dienone is 2. The SMILES string of the molecule is CCCCCC1=C(CC(C)C=O)CC[C@@H]1C. The highest BCUT2D eigenvalue weighted by Gasteiger charge is 2.22. The molecular weight excluding hydrogens is 196 g/mol. The van der Waals surface area contributed by atoms with E-state index in [0.717, 1.165) is 18.6 Å². The lowest BCUT2D eigenvalue weighted by Crippen LogP contribution is -2.00. The molecule has 0 aromatic rings. The average molecular weight is 222 g/mol. The third-order valence-corrected chi connectivity index (χ3v) is 3.78. The van der Waals surface area contributed by atoms with Gasteiger partial charge in [-0.25, -0.2) is 0 Å². The second kappa shape index (κ2) is 6.88. The van der Waals surface area contributed by atoms with Crippen molar-refractivity contribution in [2.24, 2.45) is 11.8 Å². The first-order valence-corrected chi connectivity index (χ1v) is 6.85. The van der Waals surface area contributed by atoms with Crippen molar-refractivity contribution >= 4 is 6.29 Å². The Morgan fingerprint density at radius 1 is 1.44 bits per heavy atom. The Balaban J connectivity index is 2.56. The van der Waals surface area contributed by atoms with Gasteiger partial charge in [0.05, 0.1) is 0 Å². The zero-order chi connectivity index (χ0) is 12.0. The van der Waals surface area contributed by atoms with E-state index in [2.05, 4.69) is 13.8 Å². The minimum Gasteiger partial charge on any atom is -0.303 e. The van der Waals surface area contributed by atoms with Gasteiger partial charge in [-0.05, 0) is 38.0 Å². The van der Waals surface area contributed by atoms with E-state index in [0.29, 0.717) is 0 Å². The number of aldehydes is 1. The maximum atomic E-state index is 10.7. The molecule has 1 nitrogen and oxygen atoms in total. The van der Waals surface area contributed by atoms with Crippen LogP contribution in [0.2, 0.25) is 0 Å². The molecule has 1 aliphatic carbocycles. The first-order chi connectivity index (χ1) is 7.69. The summed E-state index contributed by atoms with van der Waals surface area (Å²) in [6, 6.07) is 0. The van der Waals surface area contributed by atoms with Gasteiger partial charge in [0.15, 0.2) is 0 Å². The van der Waals surface area contributed by atoms with E-state index in [4.69, 9.17) is 0 Å². The topological polar surface area (TPSA) is 17.1 Å². The fourth-order valence-corrected chi connectivity index (χ4v) is 2.73. The normalized spacial score (nSPS) is 22.6. The number of rotatable bonds is 7. The molecule has 0 bridgehead atoms. The molecule has 0 aliphatic heterocycles. The average Bonchev–Trinajstić information content (AvgIpc) is 2.61. The highest BCUT2D eigenvalue weighted by Crippen LogP contribution is 2.37. The van der Waals surface area contributed by atoms with Crippen LogP contribution in [0.15, 0.2) is 11.1 Å². The van der Waals surface area contributed by atoms with Gasteiger partial charge in [-0.1, -0.05) is 44.8 Å². The second-order valence-corrected chi connectivity index (χ2v) is 5.34. The van der Waals surface area contributed by atoms with Crippen molar-refractivity contribution in [2.45, 2.75) is 65.7 Å². The molecule has 0 saturated carbocycles. The van der Waals surface area contributed by atoms with E-state index >= 15 is 0 Å². The van der Waals surface area contributed by atoms with Crippen molar-refractivity contribution in [3.05, 3.63) is 11.1 Å². The van der Waals surface area contributed by atoms with Gasteiger partial charge in [0.25, 0.3) is 0 Å².